The quantitative estimate of drug-likeness (QED) is 0.869. The minimum atomic E-state index is -1.88. The second kappa shape index (κ2) is 5.16. The van der Waals surface area contributed by atoms with Gasteiger partial charge in [-0.15, -0.1) is 0 Å². The number of aliphatic carboxylic acids is 1. The van der Waals surface area contributed by atoms with E-state index in [2.05, 4.69) is 0 Å². The van der Waals surface area contributed by atoms with Gasteiger partial charge >= 0.3 is 5.97 Å². The lowest BCUT2D eigenvalue weighted by Crippen LogP contribution is -2.30. The molecule has 0 aromatic heterocycles. The van der Waals surface area contributed by atoms with Crippen LogP contribution in [0.3, 0.4) is 0 Å². The molecule has 0 spiro atoms. The van der Waals surface area contributed by atoms with Gasteiger partial charge < -0.3 is 9.84 Å². The largest absolute Gasteiger partial charge is 0.490 e. The molecule has 16 heavy (non-hydrogen) atoms. The van der Waals surface area contributed by atoms with Crippen molar-refractivity contribution in [1.29, 1.82) is 0 Å². The Balaban J connectivity index is 2.50. The van der Waals surface area contributed by atoms with Gasteiger partial charge in [-0.05, 0) is 31.2 Å². The van der Waals surface area contributed by atoms with Crippen molar-refractivity contribution in [2.75, 3.05) is 6.61 Å². The van der Waals surface area contributed by atoms with E-state index < -0.39 is 18.1 Å². The van der Waals surface area contributed by atoms with Crippen LogP contribution in [0.25, 0.3) is 0 Å². The minimum absolute atomic E-state index is 0.305. The fourth-order valence-electron chi connectivity index (χ4n) is 1.13. The molecule has 88 valence electrons. The molecular formula is C11H12ClFO3. The van der Waals surface area contributed by atoms with Crippen LogP contribution in [0, 0.1) is 0 Å². The number of halogens is 2. The van der Waals surface area contributed by atoms with Gasteiger partial charge in [-0.2, -0.15) is 0 Å². The number of rotatable bonds is 5. The van der Waals surface area contributed by atoms with Crippen LogP contribution < -0.4 is 4.74 Å². The molecule has 0 aliphatic rings. The second-order valence-electron chi connectivity index (χ2n) is 3.73. The standard InChI is InChI=1S/C11H12ClFO3/c1-11(13,6-10(14)15)7-16-9-4-2-8(12)3-5-9/h2-5H,6-7H2,1H3,(H,14,15). The molecule has 1 atom stereocenters. The number of hydrogen-bond donors (Lipinski definition) is 1. The molecule has 0 saturated heterocycles. The van der Waals surface area contributed by atoms with Gasteiger partial charge in [0.2, 0.25) is 0 Å². The summed E-state index contributed by atoms with van der Waals surface area (Å²) in [6, 6.07) is 6.42. The second-order valence-corrected chi connectivity index (χ2v) is 4.16. The number of alkyl halides is 1. The van der Waals surface area contributed by atoms with E-state index in [-0.39, 0.29) is 6.61 Å². The van der Waals surface area contributed by atoms with Gasteiger partial charge in [0.05, 0.1) is 6.42 Å². The summed E-state index contributed by atoms with van der Waals surface area (Å²) in [4.78, 5) is 10.4. The van der Waals surface area contributed by atoms with Crippen molar-refractivity contribution < 1.29 is 19.0 Å². The van der Waals surface area contributed by atoms with Crippen molar-refractivity contribution in [2.24, 2.45) is 0 Å². The fourth-order valence-corrected chi connectivity index (χ4v) is 1.26. The predicted octanol–water partition coefficient (Wildman–Crippen LogP) is 2.92. The maximum absolute atomic E-state index is 13.6. The summed E-state index contributed by atoms with van der Waals surface area (Å²) in [6.45, 7) is 0.887. The van der Waals surface area contributed by atoms with E-state index in [4.69, 9.17) is 21.4 Å². The molecule has 0 amide bonds. The maximum atomic E-state index is 13.6. The van der Waals surface area contributed by atoms with Crippen molar-refractivity contribution in [3.63, 3.8) is 0 Å². The Kier molecular flexibility index (Phi) is 4.12. The third-order valence-electron chi connectivity index (χ3n) is 1.87. The first-order valence-electron chi connectivity index (χ1n) is 4.68. The normalized spacial score (nSPS) is 14.2. The highest BCUT2D eigenvalue weighted by atomic mass is 35.5. The zero-order valence-corrected chi connectivity index (χ0v) is 9.50. The van der Waals surface area contributed by atoms with Gasteiger partial charge in [-0.25, -0.2) is 4.39 Å². The van der Waals surface area contributed by atoms with Crippen molar-refractivity contribution >= 4 is 17.6 Å². The summed E-state index contributed by atoms with van der Waals surface area (Å²) in [6.07, 6.45) is -0.583. The molecule has 1 N–H and O–H groups in total. The number of hydrogen-bond acceptors (Lipinski definition) is 2. The molecule has 0 aliphatic heterocycles. The molecule has 0 aliphatic carbocycles. The summed E-state index contributed by atoms with van der Waals surface area (Å²) in [5, 5.41) is 9.03. The Morgan fingerprint density at radius 3 is 2.56 bits per heavy atom. The minimum Gasteiger partial charge on any atom is -0.490 e. The zero-order valence-electron chi connectivity index (χ0n) is 8.74. The Morgan fingerprint density at radius 2 is 2.06 bits per heavy atom. The molecule has 0 fully saturated rings. The van der Waals surface area contributed by atoms with Crippen LogP contribution in [0.2, 0.25) is 5.02 Å². The SMILES string of the molecule is CC(F)(COc1ccc(Cl)cc1)CC(=O)O. The van der Waals surface area contributed by atoms with Crippen LogP contribution in [0.15, 0.2) is 24.3 Å². The average Bonchev–Trinajstić information content (AvgIpc) is 2.15. The number of carbonyl (C=O) groups is 1. The van der Waals surface area contributed by atoms with Crippen molar-refractivity contribution in [2.45, 2.75) is 19.0 Å². The first-order valence-corrected chi connectivity index (χ1v) is 5.06. The lowest BCUT2D eigenvalue weighted by atomic mass is 10.1. The number of carboxylic acids is 1. The monoisotopic (exact) mass is 246 g/mol. The molecule has 0 saturated carbocycles. The van der Waals surface area contributed by atoms with Crippen molar-refractivity contribution in [1.82, 2.24) is 0 Å². The molecule has 1 aromatic carbocycles. The molecule has 1 aromatic rings. The highest BCUT2D eigenvalue weighted by molar-refractivity contribution is 6.30. The molecule has 1 unspecified atom stereocenters. The summed E-state index contributed by atoms with van der Waals surface area (Å²) in [5.74, 6) is -0.733. The summed E-state index contributed by atoms with van der Waals surface area (Å²) in [7, 11) is 0. The smallest absolute Gasteiger partial charge is 0.306 e. The molecule has 0 bridgehead atoms. The van der Waals surface area contributed by atoms with E-state index in [1.165, 1.54) is 6.92 Å². The molecule has 3 nitrogen and oxygen atoms in total. The topological polar surface area (TPSA) is 46.5 Å². The number of ether oxygens (including phenoxy) is 1. The maximum Gasteiger partial charge on any atom is 0.306 e. The van der Waals surface area contributed by atoms with Gasteiger partial charge in [-0.1, -0.05) is 11.6 Å². The third-order valence-corrected chi connectivity index (χ3v) is 2.13. The van der Waals surface area contributed by atoms with Crippen LogP contribution in [0.1, 0.15) is 13.3 Å². The Morgan fingerprint density at radius 1 is 1.50 bits per heavy atom. The lowest BCUT2D eigenvalue weighted by molar-refractivity contribution is -0.140. The van der Waals surface area contributed by atoms with Crippen LogP contribution in [0.4, 0.5) is 4.39 Å². The Hall–Kier alpha value is -1.29. The molecule has 0 heterocycles. The lowest BCUT2D eigenvalue weighted by Gasteiger charge is -2.18. The number of carboxylic acid groups (broad SMARTS) is 1. The third kappa shape index (κ3) is 4.49. The van der Waals surface area contributed by atoms with Gasteiger partial charge in [0, 0.05) is 5.02 Å². The van der Waals surface area contributed by atoms with Gasteiger partial charge in [-0.3, -0.25) is 4.79 Å². The van der Waals surface area contributed by atoms with Crippen LogP contribution in [0.5, 0.6) is 5.75 Å². The number of benzene rings is 1. The Bertz CT molecular complexity index is 362. The van der Waals surface area contributed by atoms with Crippen LogP contribution >= 0.6 is 11.6 Å². The predicted molar refractivity (Wildman–Crippen MR) is 58.7 cm³/mol. The van der Waals surface area contributed by atoms with Crippen molar-refractivity contribution in [3.8, 4) is 5.75 Å². The first-order chi connectivity index (χ1) is 7.39. The fraction of sp³-hybridized carbons (Fsp3) is 0.364. The molecule has 1 rings (SSSR count). The van der Waals surface area contributed by atoms with Crippen LogP contribution in [-0.4, -0.2) is 23.4 Å². The van der Waals surface area contributed by atoms with E-state index in [0.717, 1.165) is 0 Å². The van der Waals surface area contributed by atoms with Gasteiger partial charge in [0.1, 0.15) is 12.4 Å². The molecular weight excluding hydrogens is 235 g/mol. The molecule has 5 heteroatoms. The highest BCUT2D eigenvalue weighted by Gasteiger charge is 2.27. The highest BCUT2D eigenvalue weighted by Crippen LogP contribution is 2.20. The summed E-state index contributed by atoms with van der Waals surface area (Å²) in [5.41, 5.74) is -1.88. The zero-order chi connectivity index (χ0) is 12.2. The van der Waals surface area contributed by atoms with E-state index in [1.807, 2.05) is 0 Å². The van der Waals surface area contributed by atoms with Gasteiger partial charge in [0.25, 0.3) is 0 Å². The summed E-state index contributed by atoms with van der Waals surface area (Å²) >= 11 is 5.66. The van der Waals surface area contributed by atoms with Gasteiger partial charge in [0.15, 0.2) is 5.67 Å². The average molecular weight is 247 g/mol. The van der Waals surface area contributed by atoms with E-state index in [9.17, 15) is 9.18 Å². The van der Waals surface area contributed by atoms with Crippen LogP contribution in [-0.2, 0) is 4.79 Å². The Labute approximate surface area is 97.8 Å². The summed E-state index contributed by atoms with van der Waals surface area (Å²) < 4.78 is 18.7. The van der Waals surface area contributed by atoms with E-state index in [1.54, 1.807) is 24.3 Å². The van der Waals surface area contributed by atoms with E-state index >= 15 is 0 Å². The van der Waals surface area contributed by atoms with E-state index in [0.29, 0.717) is 10.8 Å². The van der Waals surface area contributed by atoms with Crippen molar-refractivity contribution in [3.05, 3.63) is 29.3 Å². The molecule has 0 radical (unpaired) electrons. The first kappa shape index (κ1) is 12.8.